The molecule has 1 aromatic heterocycles. The number of aromatic nitrogens is 2. The van der Waals surface area contributed by atoms with Crippen molar-refractivity contribution in [3.8, 4) is 5.88 Å². The van der Waals surface area contributed by atoms with Gasteiger partial charge < -0.3 is 10.1 Å². The first kappa shape index (κ1) is 14.7. The van der Waals surface area contributed by atoms with Crippen molar-refractivity contribution in [2.24, 2.45) is 0 Å². The van der Waals surface area contributed by atoms with Gasteiger partial charge in [-0.3, -0.25) is 0 Å². The predicted molar refractivity (Wildman–Crippen MR) is 75.3 cm³/mol. The number of nitrogens with zero attached hydrogens (tertiary/aromatic N) is 2. The lowest BCUT2D eigenvalue weighted by atomic mass is 9.96. The second-order valence-electron chi connectivity index (χ2n) is 5.40. The molecule has 1 heterocycles. The molecule has 0 aromatic carbocycles. The summed E-state index contributed by atoms with van der Waals surface area (Å²) in [4.78, 5) is 9.01. The van der Waals surface area contributed by atoms with Gasteiger partial charge in [0.15, 0.2) is 0 Å². The molecule has 0 saturated carbocycles. The van der Waals surface area contributed by atoms with Crippen molar-refractivity contribution in [3.63, 3.8) is 0 Å². The van der Waals surface area contributed by atoms with Gasteiger partial charge in [0.1, 0.15) is 11.6 Å². The lowest BCUT2D eigenvalue weighted by molar-refractivity contribution is 0.294. The number of nitrogens with one attached hydrogen (secondary N) is 1. The summed E-state index contributed by atoms with van der Waals surface area (Å²) in [6.45, 7) is 12.1. The molecule has 4 nitrogen and oxygen atoms in total. The van der Waals surface area contributed by atoms with Gasteiger partial charge >= 0.3 is 0 Å². The molecular formula is C14H25N3O. The number of rotatable bonds is 6. The molecule has 0 aliphatic heterocycles. The number of hydrogen-bond donors (Lipinski definition) is 1. The molecule has 1 rings (SSSR count). The summed E-state index contributed by atoms with van der Waals surface area (Å²) in [6, 6.07) is 1.87. The maximum absolute atomic E-state index is 5.68. The van der Waals surface area contributed by atoms with Crippen LogP contribution in [-0.2, 0) is 5.41 Å². The Morgan fingerprint density at radius 3 is 2.50 bits per heavy atom. The molecule has 18 heavy (non-hydrogen) atoms. The van der Waals surface area contributed by atoms with E-state index in [1.54, 1.807) is 0 Å². The average molecular weight is 251 g/mol. The number of unbranched alkanes of at least 4 members (excludes halogenated alkanes) is 1. The Hall–Kier alpha value is -1.32. The molecule has 0 fully saturated rings. The smallest absolute Gasteiger partial charge is 0.218 e. The molecule has 0 atom stereocenters. The van der Waals surface area contributed by atoms with E-state index in [2.05, 4.69) is 49.9 Å². The van der Waals surface area contributed by atoms with Crippen molar-refractivity contribution >= 4 is 5.82 Å². The van der Waals surface area contributed by atoms with Crippen LogP contribution in [0.3, 0.4) is 0 Å². The molecule has 0 spiro atoms. The zero-order valence-electron chi connectivity index (χ0n) is 12.2. The Morgan fingerprint density at radius 1 is 1.22 bits per heavy atom. The van der Waals surface area contributed by atoms with Crippen LogP contribution in [0, 0.1) is 0 Å². The third kappa shape index (κ3) is 4.51. The van der Waals surface area contributed by atoms with Crippen molar-refractivity contribution < 1.29 is 4.74 Å². The maximum Gasteiger partial charge on any atom is 0.218 e. The van der Waals surface area contributed by atoms with E-state index in [0.717, 1.165) is 31.0 Å². The molecule has 102 valence electrons. The minimum absolute atomic E-state index is 0.0751. The van der Waals surface area contributed by atoms with Gasteiger partial charge in [0.05, 0.1) is 6.61 Å². The Balaban J connectivity index is 2.91. The van der Waals surface area contributed by atoms with Crippen LogP contribution in [0.5, 0.6) is 5.88 Å². The SMILES string of the molecule is CCCCOc1cc(NCC)nc(C(C)(C)C)n1. The van der Waals surface area contributed by atoms with Gasteiger partial charge in [-0.1, -0.05) is 34.1 Å². The lowest BCUT2D eigenvalue weighted by Crippen LogP contribution is -2.18. The fraction of sp³-hybridized carbons (Fsp3) is 0.714. The fourth-order valence-electron chi connectivity index (χ4n) is 1.43. The minimum Gasteiger partial charge on any atom is -0.478 e. The summed E-state index contributed by atoms with van der Waals surface area (Å²) >= 11 is 0. The number of hydrogen-bond acceptors (Lipinski definition) is 4. The van der Waals surface area contributed by atoms with Gasteiger partial charge in [0.25, 0.3) is 0 Å². The van der Waals surface area contributed by atoms with Crippen LogP contribution in [0.25, 0.3) is 0 Å². The van der Waals surface area contributed by atoms with Crippen molar-refractivity contribution in [1.82, 2.24) is 9.97 Å². The van der Waals surface area contributed by atoms with Gasteiger partial charge in [0.2, 0.25) is 5.88 Å². The van der Waals surface area contributed by atoms with Crippen molar-refractivity contribution in [1.29, 1.82) is 0 Å². The molecule has 0 unspecified atom stereocenters. The maximum atomic E-state index is 5.68. The van der Waals surface area contributed by atoms with Crippen LogP contribution in [0.1, 0.15) is 53.3 Å². The van der Waals surface area contributed by atoms with E-state index in [1.165, 1.54) is 0 Å². The summed E-state index contributed by atoms with van der Waals surface area (Å²) in [5.41, 5.74) is -0.0751. The molecule has 1 aromatic rings. The van der Waals surface area contributed by atoms with Crippen LogP contribution >= 0.6 is 0 Å². The Labute approximate surface area is 110 Å². The van der Waals surface area contributed by atoms with Crippen LogP contribution in [-0.4, -0.2) is 23.1 Å². The van der Waals surface area contributed by atoms with Crippen LogP contribution in [0.15, 0.2) is 6.07 Å². The minimum atomic E-state index is -0.0751. The summed E-state index contributed by atoms with van der Waals surface area (Å²) < 4.78 is 5.68. The molecule has 0 bridgehead atoms. The molecule has 0 amide bonds. The van der Waals surface area contributed by atoms with Crippen molar-refractivity contribution in [2.45, 2.75) is 52.9 Å². The second-order valence-corrected chi connectivity index (χ2v) is 5.40. The van der Waals surface area contributed by atoms with E-state index in [9.17, 15) is 0 Å². The normalized spacial score (nSPS) is 11.4. The highest BCUT2D eigenvalue weighted by atomic mass is 16.5. The topological polar surface area (TPSA) is 47.0 Å². The standard InChI is InChI=1S/C14H25N3O/c1-6-8-9-18-12-10-11(15-7-2)16-13(17-12)14(3,4)5/h10H,6-9H2,1-5H3,(H,15,16,17). The zero-order chi connectivity index (χ0) is 13.6. The van der Waals surface area contributed by atoms with E-state index >= 15 is 0 Å². The highest BCUT2D eigenvalue weighted by Gasteiger charge is 2.19. The largest absolute Gasteiger partial charge is 0.478 e. The van der Waals surface area contributed by atoms with Gasteiger partial charge in [-0.05, 0) is 13.3 Å². The lowest BCUT2D eigenvalue weighted by Gasteiger charge is -2.18. The Bertz CT molecular complexity index is 372. The van der Waals surface area contributed by atoms with E-state index < -0.39 is 0 Å². The van der Waals surface area contributed by atoms with E-state index in [-0.39, 0.29) is 5.41 Å². The highest BCUT2D eigenvalue weighted by molar-refractivity contribution is 5.39. The van der Waals surface area contributed by atoms with Crippen molar-refractivity contribution in [3.05, 3.63) is 11.9 Å². The Morgan fingerprint density at radius 2 is 1.94 bits per heavy atom. The molecule has 0 aliphatic carbocycles. The molecule has 4 heteroatoms. The molecular weight excluding hydrogens is 226 g/mol. The van der Waals surface area contributed by atoms with E-state index in [4.69, 9.17) is 4.74 Å². The molecule has 0 saturated heterocycles. The van der Waals surface area contributed by atoms with Crippen molar-refractivity contribution in [2.75, 3.05) is 18.5 Å². The number of anilines is 1. The first-order valence-electron chi connectivity index (χ1n) is 6.73. The molecule has 0 radical (unpaired) electrons. The second kappa shape index (κ2) is 6.57. The quantitative estimate of drug-likeness (QED) is 0.787. The van der Waals surface area contributed by atoms with Gasteiger partial charge in [-0.25, -0.2) is 4.98 Å². The van der Waals surface area contributed by atoms with Gasteiger partial charge in [-0.2, -0.15) is 4.98 Å². The van der Waals surface area contributed by atoms with Gasteiger partial charge in [0, 0.05) is 18.0 Å². The van der Waals surface area contributed by atoms with Crippen LogP contribution in [0.4, 0.5) is 5.82 Å². The number of ether oxygens (including phenoxy) is 1. The first-order chi connectivity index (χ1) is 8.47. The third-order valence-electron chi connectivity index (χ3n) is 2.48. The molecule has 1 N–H and O–H groups in total. The first-order valence-corrected chi connectivity index (χ1v) is 6.73. The Kier molecular flexibility index (Phi) is 5.38. The van der Waals surface area contributed by atoms with E-state index in [1.807, 2.05) is 6.07 Å². The van der Waals surface area contributed by atoms with Gasteiger partial charge in [-0.15, -0.1) is 0 Å². The summed E-state index contributed by atoms with van der Waals surface area (Å²) in [5, 5.41) is 3.22. The summed E-state index contributed by atoms with van der Waals surface area (Å²) in [7, 11) is 0. The fourth-order valence-corrected chi connectivity index (χ4v) is 1.43. The molecule has 0 aliphatic rings. The van der Waals surface area contributed by atoms with Crippen LogP contribution < -0.4 is 10.1 Å². The third-order valence-corrected chi connectivity index (χ3v) is 2.48. The summed E-state index contributed by atoms with van der Waals surface area (Å²) in [5.74, 6) is 2.32. The predicted octanol–water partition coefficient (Wildman–Crippen LogP) is 3.38. The highest BCUT2D eigenvalue weighted by Crippen LogP contribution is 2.23. The van der Waals surface area contributed by atoms with E-state index in [0.29, 0.717) is 12.5 Å². The zero-order valence-corrected chi connectivity index (χ0v) is 12.2. The average Bonchev–Trinajstić information content (AvgIpc) is 2.28. The van der Waals surface area contributed by atoms with Crippen LogP contribution in [0.2, 0.25) is 0 Å². The monoisotopic (exact) mass is 251 g/mol. The summed E-state index contributed by atoms with van der Waals surface area (Å²) in [6.07, 6.45) is 2.17.